The van der Waals surface area contributed by atoms with E-state index < -0.39 is 36.2 Å². The lowest BCUT2D eigenvalue weighted by molar-refractivity contribution is -0.142. The molecule has 4 N–H and O–H groups in total. The van der Waals surface area contributed by atoms with Crippen molar-refractivity contribution in [3.63, 3.8) is 0 Å². The van der Waals surface area contributed by atoms with Crippen LogP contribution in [0.3, 0.4) is 0 Å². The average molecular weight is 699 g/mol. The summed E-state index contributed by atoms with van der Waals surface area (Å²) in [6.45, 7) is 2.69. The first-order valence-electron chi connectivity index (χ1n) is 17.2. The van der Waals surface area contributed by atoms with Gasteiger partial charge in [0.1, 0.15) is 31.6 Å². The van der Waals surface area contributed by atoms with Gasteiger partial charge in [-0.1, -0.05) is 91.0 Å². The first-order valence-corrected chi connectivity index (χ1v) is 17.2. The van der Waals surface area contributed by atoms with E-state index in [1.807, 2.05) is 91.0 Å². The SMILES string of the molecule is CCN(C(=O)OCc1ccccc1)[C@H](Cc1ccccc1)C(=O)N1CCC[C@H]1C(=O)N[C@H](C=O)CCCNC(=N)NC(=O)OCc1ccccc1. The molecule has 1 aliphatic heterocycles. The van der Waals surface area contributed by atoms with Crippen LogP contribution in [0.15, 0.2) is 91.0 Å². The Hall–Kier alpha value is -5.72. The van der Waals surface area contributed by atoms with Gasteiger partial charge in [-0.25, -0.2) is 9.59 Å². The molecule has 0 bridgehead atoms. The summed E-state index contributed by atoms with van der Waals surface area (Å²) in [6, 6.07) is 25.2. The maximum Gasteiger partial charge on any atom is 0.414 e. The van der Waals surface area contributed by atoms with Crippen LogP contribution in [0, 0.1) is 5.41 Å². The van der Waals surface area contributed by atoms with Crippen LogP contribution in [0.4, 0.5) is 9.59 Å². The molecular formula is C38H46N6O7. The Morgan fingerprint density at radius 3 is 2.08 bits per heavy atom. The topological polar surface area (TPSA) is 170 Å². The zero-order valence-electron chi connectivity index (χ0n) is 28.8. The van der Waals surface area contributed by atoms with Crippen molar-refractivity contribution in [3.8, 4) is 0 Å². The molecule has 270 valence electrons. The maximum atomic E-state index is 14.2. The Bertz CT molecular complexity index is 1590. The van der Waals surface area contributed by atoms with Gasteiger partial charge >= 0.3 is 12.2 Å². The number of amides is 4. The fourth-order valence-electron chi connectivity index (χ4n) is 5.84. The van der Waals surface area contributed by atoms with Gasteiger partial charge in [-0.2, -0.15) is 0 Å². The smallest absolute Gasteiger partial charge is 0.414 e. The van der Waals surface area contributed by atoms with Crippen molar-refractivity contribution >= 4 is 36.2 Å². The third-order valence-corrected chi connectivity index (χ3v) is 8.48. The molecule has 4 rings (SSSR count). The van der Waals surface area contributed by atoms with Crippen LogP contribution in [-0.2, 0) is 43.5 Å². The van der Waals surface area contributed by atoms with Crippen molar-refractivity contribution in [3.05, 3.63) is 108 Å². The zero-order chi connectivity index (χ0) is 36.4. The standard InChI is InChI=1S/C38H46N6O7/c1-2-43(38(49)51-27-30-18-10-5-11-19-30)33(24-28-14-6-3-7-15-28)35(47)44-23-13-21-32(44)34(46)41-31(25-45)20-12-22-40-36(39)42-37(48)50-26-29-16-8-4-9-17-29/h3-11,14-19,25,31-33H,2,12-13,20-24,26-27H2,1H3,(H,41,46)(H3,39,40,42,48)/t31-,32-,33+/m0/s1. The van der Waals surface area contributed by atoms with E-state index in [9.17, 15) is 24.0 Å². The summed E-state index contributed by atoms with van der Waals surface area (Å²) in [7, 11) is 0. The molecule has 3 aromatic rings. The molecule has 0 unspecified atom stereocenters. The molecule has 1 fully saturated rings. The maximum absolute atomic E-state index is 14.2. The highest BCUT2D eigenvalue weighted by Gasteiger charge is 2.40. The number of alkyl carbamates (subject to hydrolysis) is 1. The number of aldehydes is 1. The van der Waals surface area contributed by atoms with Crippen LogP contribution in [-0.4, -0.2) is 83.8 Å². The Morgan fingerprint density at radius 1 is 0.902 bits per heavy atom. The number of hydrogen-bond donors (Lipinski definition) is 4. The molecule has 13 heteroatoms. The van der Waals surface area contributed by atoms with Crippen LogP contribution in [0.25, 0.3) is 0 Å². The van der Waals surface area contributed by atoms with Crippen molar-refractivity contribution in [2.45, 2.75) is 70.4 Å². The van der Waals surface area contributed by atoms with Gasteiger partial charge in [0.2, 0.25) is 11.8 Å². The van der Waals surface area contributed by atoms with E-state index in [2.05, 4.69) is 16.0 Å². The molecule has 0 saturated carbocycles. The van der Waals surface area contributed by atoms with E-state index in [0.29, 0.717) is 32.1 Å². The van der Waals surface area contributed by atoms with Crippen LogP contribution in [0.2, 0.25) is 0 Å². The third kappa shape index (κ3) is 12.0. The number of ether oxygens (including phenoxy) is 2. The normalized spacial score (nSPS) is 14.8. The molecule has 1 saturated heterocycles. The number of likely N-dealkylation sites (tertiary alicyclic amines) is 1. The summed E-state index contributed by atoms with van der Waals surface area (Å²) in [5.41, 5.74) is 2.49. The molecule has 3 atom stereocenters. The molecule has 1 aliphatic rings. The summed E-state index contributed by atoms with van der Waals surface area (Å²) in [5, 5.41) is 15.7. The molecule has 0 aliphatic carbocycles. The largest absolute Gasteiger partial charge is 0.445 e. The van der Waals surface area contributed by atoms with Crippen molar-refractivity contribution < 1.29 is 33.4 Å². The van der Waals surface area contributed by atoms with Crippen LogP contribution in [0.1, 0.15) is 49.3 Å². The minimum Gasteiger partial charge on any atom is -0.445 e. The van der Waals surface area contributed by atoms with Crippen LogP contribution < -0.4 is 16.0 Å². The summed E-state index contributed by atoms with van der Waals surface area (Å²) < 4.78 is 10.7. The number of rotatable bonds is 16. The summed E-state index contributed by atoms with van der Waals surface area (Å²) in [4.78, 5) is 67.9. The van der Waals surface area contributed by atoms with E-state index in [4.69, 9.17) is 14.9 Å². The lowest BCUT2D eigenvalue weighted by Gasteiger charge is -2.34. The molecule has 0 aromatic heterocycles. The molecule has 4 amide bonds. The number of hydrogen-bond acceptors (Lipinski definition) is 8. The van der Waals surface area contributed by atoms with Gasteiger partial charge in [-0.3, -0.25) is 25.2 Å². The highest BCUT2D eigenvalue weighted by molar-refractivity contribution is 5.93. The predicted molar refractivity (Wildman–Crippen MR) is 190 cm³/mol. The molecular weight excluding hydrogens is 652 g/mol. The minimum atomic E-state index is -0.915. The van der Waals surface area contributed by atoms with Gasteiger partial charge < -0.3 is 29.8 Å². The third-order valence-electron chi connectivity index (χ3n) is 8.48. The van der Waals surface area contributed by atoms with E-state index in [1.165, 1.54) is 9.80 Å². The number of nitrogens with zero attached hydrogens (tertiary/aromatic N) is 2. The second kappa shape index (κ2) is 20.1. The Balaban J connectivity index is 1.30. The van der Waals surface area contributed by atoms with E-state index in [-0.39, 0.29) is 51.0 Å². The summed E-state index contributed by atoms with van der Waals surface area (Å²) in [6.07, 6.45) is 1.14. The van der Waals surface area contributed by atoms with Crippen LogP contribution in [0.5, 0.6) is 0 Å². The van der Waals surface area contributed by atoms with Gasteiger partial charge in [0, 0.05) is 26.1 Å². The second-order valence-corrected chi connectivity index (χ2v) is 12.1. The van der Waals surface area contributed by atoms with Gasteiger partial charge in [0.05, 0.1) is 6.04 Å². The highest BCUT2D eigenvalue weighted by Crippen LogP contribution is 2.23. The first kappa shape index (κ1) is 38.1. The van der Waals surface area contributed by atoms with E-state index in [0.717, 1.165) is 16.7 Å². The number of likely N-dealkylation sites (N-methyl/N-ethyl adjacent to an activating group) is 1. The lowest BCUT2D eigenvalue weighted by Crippen LogP contribution is -2.56. The predicted octanol–water partition coefficient (Wildman–Crippen LogP) is 4.16. The van der Waals surface area contributed by atoms with Gasteiger partial charge in [0.25, 0.3) is 0 Å². The fourth-order valence-corrected chi connectivity index (χ4v) is 5.84. The van der Waals surface area contributed by atoms with E-state index in [1.54, 1.807) is 6.92 Å². The van der Waals surface area contributed by atoms with Crippen LogP contribution >= 0.6 is 0 Å². The van der Waals surface area contributed by atoms with Crippen molar-refractivity contribution in [1.29, 1.82) is 5.41 Å². The Morgan fingerprint density at radius 2 is 1.49 bits per heavy atom. The van der Waals surface area contributed by atoms with Crippen molar-refractivity contribution in [1.82, 2.24) is 25.8 Å². The zero-order valence-corrected chi connectivity index (χ0v) is 28.8. The fraction of sp³-hybridized carbons (Fsp3) is 0.368. The molecule has 1 heterocycles. The highest BCUT2D eigenvalue weighted by atomic mass is 16.6. The molecule has 3 aromatic carbocycles. The molecule has 0 radical (unpaired) electrons. The summed E-state index contributed by atoms with van der Waals surface area (Å²) in [5.74, 6) is -1.07. The Kier molecular flexibility index (Phi) is 15.0. The second-order valence-electron chi connectivity index (χ2n) is 12.1. The van der Waals surface area contributed by atoms with Crippen molar-refractivity contribution in [2.75, 3.05) is 19.6 Å². The van der Waals surface area contributed by atoms with E-state index >= 15 is 0 Å². The Labute approximate surface area is 298 Å². The van der Waals surface area contributed by atoms with Gasteiger partial charge in [-0.15, -0.1) is 0 Å². The average Bonchev–Trinajstić information content (AvgIpc) is 3.66. The summed E-state index contributed by atoms with van der Waals surface area (Å²) >= 11 is 0. The molecule has 51 heavy (non-hydrogen) atoms. The number of carbonyl (C=O) groups excluding carboxylic acids is 5. The van der Waals surface area contributed by atoms with Gasteiger partial charge in [0.15, 0.2) is 5.96 Å². The quantitative estimate of drug-likeness (QED) is 0.0748. The number of benzene rings is 3. The monoisotopic (exact) mass is 698 g/mol. The molecule has 13 nitrogen and oxygen atoms in total. The number of guanidine groups is 1. The first-order chi connectivity index (χ1) is 24.8. The van der Waals surface area contributed by atoms with Crippen molar-refractivity contribution in [2.24, 2.45) is 0 Å². The van der Waals surface area contributed by atoms with Gasteiger partial charge in [-0.05, 0) is 49.3 Å². The number of nitrogens with one attached hydrogen (secondary N) is 4. The molecule has 0 spiro atoms. The lowest BCUT2D eigenvalue weighted by atomic mass is 10.0. The minimum absolute atomic E-state index is 0.0543. The number of carbonyl (C=O) groups is 5.